The molecular formula is C15H17ClN2O. The van der Waals surface area contributed by atoms with Crippen LogP contribution in [0.3, 0.4) is 0 Å². The molecule has 3 nitrogen and oxygen atoms in total. The molecule has 0 unspecified atom stereocenters. The standard InChI is InChI=1S/C15H17ClN2O/c1-2-19-15-9-8-13(16)10-12(15)11-17-18-14-6-4-3-5-7-14/h3-10,17-18H,2,11H2,1H3. The minimum atomic E-state index is 0.630. The summed E-state index contributed by atoms with van der Waals surface area (Å²) in [7, 11) is 0. The van der Waals surface area contributed by atoms with Crippen molar-refractivity contribution >= 4 is 17.3 Å². The second kappa shape index (κ2) is 7.02. The van der Waals surface area contributed by atoms with Crippen molar-refractivity contribution in [1.29, 1.82) is 0 Å². The van der Waals surface area contributed by atoms with E-state index < -0.39 is 0 Å². The van der Waals surface area contributed by atoms with Gasteiger partial charge in [-0.25, -0.2) is 5.43 Å². The second-order valence-corrected chi connectivity index (χ2v) is 4.47. The molecule has 0 atom stereocenters. The number of hydrogen-bond acceptors (Lipinski definition) is 3. The van der Waals surface area contributed by atoms with Gasteiger partial charge in [-0.1, -0.05) is 29.8 Å². The van der Waals surface area contributed by atoms with E-state index >= 15 is 0 Å². The Kier molecular flexibility index (Phi) is 5.07. The Morgan fingerprint density at radius 3 is 2.63 bits per heavy atom. The van der Waals surface area contributed by atoms with Crippen LogP contribution in [0.4, 0.5) is 5.69 Å². The molecular weight excluding hydrogens is 260 g/mol. The molecule has 0 aliphatic rings. The first-order valence-corrected chi connectivity index (χ1v) is 6.62. The summed E-state index contributed by atoms with van der Waals surface area (Å²) in [5.74, 6) is 0.856. The van der Waals surface area contributed by atoms with Gasteiger partial charge in [0, 0.05) is 22.8 Å². The fourth-order valence-electron chi connectivity index (χ4n) is 1.75. The van der Waals surface area contributed by atoms with Crippen LogP contribution in [0.15, 0.2) is 48.5 Å². The van der Waals surface area contributed by atoms with Crippen LogP contribution < -0.4 is 15.6 Å². The largest absolute Gasteiger partial charge is 0.494 e. The average molecular weight is 277 g/mol. The lowest BCUT2D eigenvalue weighted by Gasteiger charge is -2.12. The van der Waals surface area contributed by atoms with Gasteiger partial charge in [-0.05, 0) is 37.3 Å². The maximum absolute atomic E-state index is 6.01. The van der Waals surface area contributed by atoms with Gasteiger partial charge in [0.15, 0.2) is 0 Å². The van der Waals surface area contributed by atoms with Crippen LogP contribution in [-0.2, 0) is 6.54 Å². The number of hydrogen-bond donors (Lipinski definition) is 2. The van der Waals surface area contributed by atoms with Crippen LogP contribution in [0.1, 0.15) is 12.5 Å². The SMILES string of the molecule is CCOc1ccc(Cl)cc1CNNc1ccccc1. The summed E-state index contributed by atoms with van der Waals surface area (Å²) in [5, 5.41) is 0.708. The van der Waals surface area contributed by atoms with Crippen molar-refractivity contribution < 1.29 is 4.74 Å². The van der Waals surface area contributed by atoms with Crippen molar-refractivity contribution in [2.75, 3.05) is 12.0 Å². The van der Waals surface area contributed by atoms with E-state index in [-0.39, 0.29) is 0 Å². The second-order valence-electron chi connectivity index (χ2n) is 4.03. The third kappa shape index (κ3) is 4.16. The first-order valence-electron chi connectivity index (χ1n) is 6.24. The summed E-state index contributed by atoms with van der Waals surface area (Å²) in [4.78, 5) is 0. The van der Waals surface area contributed by atoms with Crippen molar-refractivity contribution in [2.24, 2.45) is 0 Å². The van der Waals surface area contributed by atoms with Gasteiger partial charge in [0.05, 0.1) is 6.61 Å². The third-order valence-electron chi connectivity index (χ3n) is 2.61. The van der Waals surface area contributed by atoms with Gasteiger partial charge in [0.2, 0.25) is 0 Å². The zero-order chi connectivity index (χ0) is 13.5. The normalized spacial score (nSPS) is 10.2. The van der Waals surface area contributed by atoms with Crippen molar-refractivity contribution in [3.05, 3.63) is 59.1 Å². The Balaban J connectivity index is 1.96. The molecule has 0 amide bonds. The zero-order valence-electron chi connectivity index (χ0n) is 10.8. The van der Waals surface area contributed by atoms with Crippen LogP contribution in [-0.4, -0.2) is 6.61 Å². The smallest absolute Gasteiger partial charge is 0.123 e. The number of rotatable bonds is 6. The Morgan fingerprint density at radius 2 is 1.89 bits per heavy atom. The number of halogens is 1. The maximum Gasteiger partial charge on any atom is 0.123 e. The molecule has 0 saturated heterocycles. The van der Waals surface area contributed by atoms with E-state index in [4.69, 9.17) is 16.3 Å². The lowest BCUT2D eigenvalue weighted by Crippen LogP contribution is -2.21. The summed E-state index contributed by atoms with van der Waals surface area (Å²) < 4.78 is 5.57. The molecule has 0 spiro atoms. The number of hydrazine groups is 1. The van der Waals surface area contributed by atoms with Crippen molar-refractivity contribution in [2.45, 2.75) is 13.5 Å². The summed E-state index contributed by atoms with van der Waals surface area (Å²) in [6.07, 6.45) is 0. The predicted molar refractivity (Wildman–Crippen MR) is 79.5 cm³/mol. The van der Waals surface area contributed by atoms with Crippen LogP contribution in [0.2, 0.25) is 5.02 Å². The molecule has 0 aliphatic heterocycles. The van der Waals surface area contributed by atoms with Crippen LogP contribution in [0.25, 0.3) is 0 Å². The number of para-hydroxylation sites is 1. The summed E-state index contributed by atoms with van der Waals surface area (Å²) >= 11 is 6.01. The maximum atomic E-state index is 6.01. The molecule has 0 radical (unpaired) electrons. The average Bonchev–Trinajstić information content (AvgIpc) is 2.43. The van der Waals surface area contributed by atoms with E-state index in [1.54, 1.807) is 0 Å². The minimum absolute atomic E-state index is 0.630. The molecule has 2 rings (SSSR count). The van der Waals surface area contributed by atoms with Crippen LogP contribution in [0, 0.1) is 0 Å². The monoisotopic (exact) mass is 276 g/mol. The van der Waals surface area contributed by atoms with E-state index in [0.29, 0.717) is 18.2 Å². The number of anilines is 1. The molecule has 0 aromatic heterocycles. The molecule has 2 aromatic carbocycles. The summed E-state index contributed by atoms with van der Waals surface area (Å²) in [6.45, 7) is 3.24. The van der Waals surface area contributed by atoms with Gasteiger partial charge < -0.3 is 10.2 Å². The highest BCUT2D eigenvalue weighted by Gasteiger charge is 2.04. The highest BCUT2D eigenvalue weighted by molar-refractivity contribution is 6.30. The van der Waals surface area contributed by atoms with E-state index in [2.05, 4.69) is 10.9 Å². The molecule has 4 heteroatoms. The predicted octanol–water partition coefficient (Wildman–Crippen LogP) is 3.86. The van der Waals surface area contributed by atoms with E-state index in [1.165, 1.54) is 0 Å². The van der Waals surface area contributed by atoms with Gasteiger partial charge >= 0.3 is 0 Å². The van der Waals surface area contributed by atoms with Crippen molar-refractivity contribution in [3.63, 3.8) is 0 Å². The molecule has 0 saturated carbocycles. The van der Waals surface area contributed by atoms with Crippen molar-refractivity contribution in [3.8, 4) is 5.75 Å². The third-order valence-corrected chi connectivity index (χ3v) is 2.84. The summed E-state index contributed by atoms with van der Waals surface area (Å²) in [6, 6.07) is 15.6. The van der Waals surface area contributed by atoms with E-state index in [0.717, 1.165) is 17.0 Å². The molecule has 19 heavy (non-hydrogen) atoms. The zero-order valence-corrected chi connectivity index (χ0v) is 11.6. The first kappa shape index (κ1) is 13.7. The molecule has 100 valence electrons. The lowest BCUT2D eigenvalue weighted by molar-refractivity contribution is 0.336. The van der Waals surface area contributed by atoms with Crippen molar-refractivity contribution in [1.82, 2.24) is 5.43 Å². The van der Waals surface area contributed by atoms with Gasteiger partial charge in [0.1, 0.15) is 5.75 Å². The van der Waals surface area contributed by atoms with Crippen LogP contribution >= 0.6 is 11.6 Å². The highest BCUT2D eigenvalue weighted by Crippen LogP contribution is 2.22. The first-order chi connectivity index (χ1) is 9.29. The van der Waals surface area contributed by atoms with E-state index in [9.17, 15) is 0 Å². The molecule has 2 N–H and O–H groups in total. The highest BCUT2D eigenvalue weighted by atomic mass is 35.5. The number of benzene rings is 2. The molecule has 0 bridgehead atoms. The Hall–Kier alpha value is -1.71. The Labute approximate surface area is 118 Å². The number of ether oxygens (including phenoxy) is 1. The number of nitrogens with one attached hydrogen (secondary N) is 2. The quantitative estimate of drug-likeness (QED) is 0.786. The topological polar surface area (TPSA) is 33.3 Å². The molecule has 0 heterocycles. The molecule has 0 aliphatic carbocycles. The van der Waals surface area contributed by atoms with Gasteiger partial charge in [-0.15, -0.1) is 0 Å². The lowest BCUT2D eigenvalue weighted by atomic mass is 10.2. The van der Waals surface area contributed by atoms with E-state index in [1.807, 2.05) is 55.5 Å². The molecule has 2 aromatic rings. The Morgan fingerprint density at radius 1 is 1.11 bits per heavy atom. The molecule has 0 fully saturated rings. The fraction of sp³-hybridized carbons (Fsp3) is 0.200. The van der Waals surface area contributed by atoms with Gasteiger partial charge in [0.25, 0.3) is 0 Å². The minimum Gasteiger partial charge on any atom is -0.494 e. The Bertz CT molecular complexity index is 517. The fourth-order valence-corrected chi connectivity index (χ4v) is 1.94. The van der Waals surface area contributed by atoms with Crippen LogP contribution in [0.5, 0.6) is 5.75 Å². The summed E-state index contributed by atoms with van der Waals surface area (Å²) in [5.41, 5.74) is 8.33. The van der Waals surface area contributed by atoms with Gasteiger partial charge in [-0.2, -0.15) is 0 Å². The van der Waals surface area contributed by atoms with Gasteiger partial charge in [-0.3, -0.25) is 0 Å².